The Morgan fingerprint density at radius 2 is 2.00 bits per heavy atom. The van der Waals surface area contributed by atoms with Gasteiger partial charge < -0.3 is 9.84 Å². The molecule has 0 spiro atoms. The molecular formula is C11H16BrNO4S. The third kappa shape index (κ3) is 4.66. The van der Waals surface area contributed by atoms with E-state index >= 15 is 0 Å². The van der Waals surface area contributed by atoms with E-state index in [1.807, 2.05) is 0 Å². The van der Waals surface area contributed by atoms with Gasteiger partial charge in [-0.2, -0.15) is 0 Å². The molecule has 0 amide bonds. The van der Waals surface area contributed by atoms with E-state index in [4.69, 9.17) is 9.84 Å². The van der Waals surface area contributed by atoms with Gasteiger partial charge >= 0.3 is 0 Å². The molecule has 0 radical (unpaired) electrons. The lowest BCUT2D eigenvalue weighted by molar-refractivity contribution is 0.166. The highest BCUT2D eigenvalue weighted by Gasteiger charge is 2.19. The van der Waals surface area contributed by atoms with Gasteiger partial charge in [-0.1, -0.05) is 15.9 Å². The largest absolute Gasteiger partial charge is 0.395 e. The van der Waals surface area contributed by atoms with Crippen molar-refractivity contribution in [1.29, 1.82) is 0 Å². The number of rotatable bonds is 7. The average Bonchev–Trinajstić information content (AvgIpc) is 2.35. The van der Waals surface area contributed by atoms with Gasteiger partial charge in [-0.15, -0.1) is 0 Å². The van der Waals surface area contributed by atoms with E-state index in [0.29, 0.717) is 13.0 Å². The molecule has 1 atom stereocenters. The first-order valence-electron chi connectivity index (χ1n) is 5.37. The second-order valence-electron chi connectivity index (χ2n) is 3.74. The number of nitrogens with one attached hydrogen (secondary N) is 1. The van der Waals surface area contributed by atoms with Crippen molar-refractivity contribution in [3.63, 3.8) is 0 Å². The highest BCUT2D eigenvalue weighted by molar-refractivity contribution is 9.10. The fourth-order valence-electron chi connectivity index (χ4n) is 1.35. The number of hydrogen-bond donors (Lipinski definition) is 2. The summed E-state index contributed by atoms with van der Waals surface area (Å²) in [7, 11) is -2.08. The summed E-state index contributed by atoms with van der Waals surface area (Å²) in [5, 5.41) is 9.12. The zero-order valence-electron chi connectivity index (χ0n) is 9.97. The van der Waals surface area contributed by atoms with Gasteiger partial charge in [0.15, 0.2) is 0 Å². The Labute approximate surface area is 115 Å². The Morgan fingerprint density at radius 1 is 1.39 bits per heavy atom. The SMILES string of the molecule is COCCC(CO)NS(=O)(=O)c1ccc(Br)cc1. The quantitative estimate of drug-likeness (QED) is 0.781. The van der Waals surface area contributed by atoms with Crippen LogP contribution in [-0.4, -0.2) is 39.9 Å². The zero-order chi connectivity index (χ0) is 13.6. The minimum Gasteiger partial charge on any atom is -0.395 e. The Bertz CT molecular complexity index is 460. The van der Waals surface area contributed by atoms with Crippen molar-refractivity contribution in [3.05, 3.63) is 28.7 Å². The van der Waals surface area contributed by atoms with Crippen LogP contribution >= 0.6 is 15.9 Å². The zero-order valence-corrected chi connectivity index (χ0v) is 12.4. The average molecular weight is 338 g/mol. The molecule has 1 aromatic carbocycles. The predicted molar refractivity (Wildman–Crippen MR) is 71.8 cm³/mol. The van der Waals surface area contributed by atoms with Gasteiger partial charge in [-0.25, -0.2) is 13.1 Å². The number of aliphatic hydroxyl groups excluding tert-OH is 1. The maximum Gasteiger partial charge on any atom is 0.240 e. The first-order chi connectivity index (χ1) is 8.49. The minimum atomic E-state index is -3.61. The summed E-state index contributed by atoms with van der Waals surface area (Å²) in [6, 6.07) is 5.75. The van der Waals surface area contributed by atoms with Gasteiger partial charge in [0.25, 0.3) is 0 Å². The van der Waals surface area contributed by atoms with E-state index < -0.39 is 16.1 Å². The highest BCUT2D eigenvalue weighted by atomic mass is 79.9. The molecular weight excluding hydrogens is 322 g/mol. The van der Waals surface area contributed by atoms with Crippen molar-refractivity contribution in [1.82, 2.24) is 4.72 Å². The summed E-state index contributed by atoms with van der Waals surface area (Å²) in [5.74, 6) is 0. The molecule has 0 aromatic heterocycles. The number of hydrogen-bond acceptors (Lipinski definition) is 4. The van der Waals surface area contributed by atoms with Crippen LogP contribution in [0.5, 0.6) is 0 Å². The monoisotopic (exact) mass is 337 g/mol. The number of ether oxygens (including phenoxy) is 1. The van der Waals surface area contributed by atoms with E-state index in [2.05, 4.69) is 20.7 Å². The third-order valence-corrected chi connectivity index (χ3v) is 4.40. The van der Waals surface area contributed by atoms with Crippen LogP contribution in [0.4, 0.5) is 0 Å². The normalized spacial score (nSPS) is 13.5. The van der Waals surface area contributed by atoms with Gasteiger partial charge in [0, 0.05) is 24.2 Å². The molecule has 0 saturated heterocycles. The van der Waals surface area contributed by atoms with Crippen molar-refractivity contribution < 1.29 is 18.3 Å². The van der Waals surface area contributed by atoms with Crippen LogP contribution in [0.2, 0.25) is 0 Å². The van der Waals surface area contributed by atoms with E-state index in [0.717, 1.165) is 4.47 Å². The van der Waals surface area contributed by atoms with Gasteiger partial charge in [0.05, 0.1) is 11.5 Å². The van der Waals surface area contributed by atoms with E-state index in [9.17, 15) is 8.42 Å². The van der Waals surface area contributed by atoms with E-state index in [1.54, 1.807) is 12.1 Å². The highest BCUT2D eigenvalue weighted by Crippen LogP contribution is 2.15. The Hall–Kier alpha value is -0.470. The van der Waals surface area contributed by atoms with Crippen molar-refractivity contribution in [2.75, 3.05) is 20.3 Å². The molecule has 0 aliphatic heterocycles. The molecule has 1 rings (SSSR count). The summed E-state index contributed by atoms with van der Waals surface area (Å²) in [4.78, 5) is 0.168. The van der Waals surface area contributed by atoms with E-state index in [1.165, 1.54) is 19.2 Å². The number of aliphatic hydroxyl groups is 1. The first-order valence-corrected chi connectivity index (χ1v) is 7.65. The number of halogens is 1. The van der Waals surface area contributed by atoms with E-state index in [-0.39, 0.29) is 11.5 Å². The molecule has 5 nitrogen and oxygen atoms in total. The van der Waals surface area contributed by atoms with Crippen LogP contribution in [-0.2, 0) is 14.8 Å². The van der Waals surface area contributed by atoms with Crippen LogP contribution in [0, 0.1) is 0 Å². The van der Waals surface area contributed by atoms with Crippen LogP contribution in [0.3, 0.4) is 0 Å². The molecule has 0 aliphatic carbocycles. The Kier molecular flexibility index (Phi) is 6.24. The molecule has 2 N–H and O–H groups in total. The number of sulfonamides is 1. The van der Waals surface area contributed by atoms with Crippen LogP contribution < -0.4 is 4.72 Å². The molecule has 1 unspecified atom stereocenters. The molecule has 7 heteroatoms. The maximum atomic E-state index is 12.0. The van der Waals surface area contributed by atoms with Gasteiger partial charge in [0.2, 0.25) is 10.0 Å². The minimum absolute atomic E-state index is 0.168. The fraction of sp³-hybridized carbons (Fsp3) is 0.455. The second-order valence-corrected chi connectivity index (χ2v) is 6.37. The Morgan fingerprint density at radius 3 is 2.50 bits per heavy atom. The molecule has 0 aliphatic rings. The first kappa shape index (κ1) is 15.6. The van der Waals surface area contributed by atoms with Crippen LogP contribution in [0.15, 0.2) is 33.6 Å². The summed E-state index contributed by atoms with van der Waals surface area (Å²) >= 11 is 3.24. The third-order valence-electron chi connectivity index (χ3n) is 2.34. The standard InChI is InChI=1S/C11H16BrNO4S/c1-17-7-6-10(8-14)13-18(15,16)11-4-2-9(12)3-5-11/h2-5,10,13-14H,6-8H2,1H3. The number of benzene rings is 1. The summed E-state index contributed by atoms with van der Waals surface area (Å²) in [6.07, 6.45) is 0.419. The van der Waals surface area contributed by atoms with Gasteiger partial charge in [-0.3, -0.25) is 0 Å². The summed E-state index contributed by atoms with van der Waals surface area (Å²) in [6.45, 7) is 0.118. The van der Waals surface area contributed by atoms with Crippen molar-refractivity contribution >= 4 is 26.0 Å². The molecule has 0 saturated carbocycles. The lowest BCUT2D eigenvalue weighted by Gasteiger charge is -2.16. The summed E-state index contributed by atoms with van der Waals surface area (Å²) < 4.78 is 32.1. The Balaban J connectivity index is 2.77. The van der Waals surface area contributed by atoms with Crippen molar-refractivity contribution in [2.24, 2.45) is 0 Å². The molecule has 18 heavy (non-hydrogen) atoms. The fourth-order valence-corrected chi connectivity index (χ4v) is 2.87. The van der Waals surface area contributed by atoms with Crippen molar-refractivity contribution in [2.45, 2.75) is 17.4 Å². The van der Waals surface area contributed by atoms with Gasteiger partial charge in [-0.05, 0) is 30.7 Å². The van der Waals surface area contributed by atoms with Gasteiger partial charge in [0.1, 0.15) is 0 Å². The second kappa shape index (κ2) is 7.20. The van der Waals surface area contributed by atoms with Crippen LogP contribution in [0.1, 0.15) is 6.42 Å². The lowest BCUT2D eigenvalue weighted by atomic mass is 10.2. The van der Waals surface area contributed by atoms with Crippen LogP contribution in [0.25, 0.3) is 0 Å². The maximum absolute atomic E-state index is 12.0. The summed E-state index contributed by atoms with van der Waals surface area (Å²) in [5.41, 5.74) is 0. The molecule has 0 fully saturated rings. The van der Waals surface area contributed by atoms with Crippen molar-refractivity contribution in [3.8, 4) is 0 Å². The molecule has 0 heterocycles. The topological polar surface area (TPSA) is 75.6 Å². The molecule has 102 valence electrons. The number of methoxy groups -OCH3 is 1. The lowest BCUT2D eigenvalue weighted by Crippen LogP contribution is -2.38. The molecule has 0 bridgehead atoms. The predicted octanol–water partition coefficient (Wildman–Crippen LogP) is 1.12. The molecule has 1 aromatic rings. The smallest absolute Gasteiger partial charge is 0.240 e.